The zero-order valence-electron chi connectivity index (χ0n) is 8.59. The summed E-state index contributed by atoms with van der Waals surface area (Å²) >= 11 is 0. The number of anilines is 1. The highest BCUT2D eigenvalue weighted by Gasteiger charge is 2.21. The van der Waals surface area contributed by atoms with Crippen LogP contribution in [0, 0.1) is 0 Å². The normalized spacial score (nSPS) is 15.0. The third-order valence-corrected chi connectivity index (χ3v) is 2.20. The second-order valence-electron chi connectivity index (χ2n) is 2.87. The number of hydrogen-bond acceptors (Lipinski definition) is 3. The van der Waals surface area contributed by atoms with E-state index in [1.807, 2.05) is 13.8 Å². The Morgan fingerprint density at radius 1 is 1.46 bits per heavy atom. The topological polar surface area (TPSA) is 57.9 Å². The van der Waals surface area contributed by atoms with E-state index in [1.54, 1.807) is 0 Å². The highest BCUT2D eigenvalue weighted by atomic mass is 15.2. The molecule has 1 aliphatic heterocycles. The number of nitrogen functional groups attached to an aromatic ring is 1. The van der Waals surface area contributed by atoms with Crippen molar-refractivity contribution in [2.24, 2.45) is 0 Å². The molecule has 0 aliphatic carbocycles. The zero-order chi connectivity index (χ0) is 9.84. The monoisotopic (exact) mass is 182 g/mol. The number of H-pyrrole nitrogens is 1. The second-order valence-corrected chi connectivity index (χ2v) is 2.87. The number of rotatable bonds is 1. The van der Waals surface area contributed by atoms with Gasteiger partial charge in [-0.15, -0.1) is 0 Å². The first-order chi connectivity index (χ1) is 6.31. The van der Waals surface area contributed by atoms with Crippen LogP contribution in [0.2, 0.25) is 0 Å². The Hall–Kier alpha value is -1.03. The molecule has 0 radical (unpaired) electrons. The van der Waals surface area contributed by atoms with Crippen LogP contribution in [-0.2, 0) is 13.1 Å². The number of nitrogens with one attached hydrogen (secondary N) is 1. The van der Waals surface area contributed by atoms with Gasteiger partial charge in [-0.2, -0.15) is 5.10 Å². The average Bonchev–Trinajstić information content (AvgIpc) is 2.72. The van der Waals surface area contributed by atoms with Gasteiger partial charge in [0.15, 0.2) is 0 Å². The highest BCUT2D eigenvalue weighted by Crippen LogP contribution is 2.24. The first-order valence-corrected chi connectivity index (χ1v) is 4.85. The lowest BCUT2D eigenvalue weighted by Gasteiger charge is -2.09. The summed E-state index contributed by atoms with van der Waals surface area (Å²) in [4.78, 5) is 2.32. The molecular formula is C9H18N4. The molecule has 0 atom stereocenters. The maximum absolute atomic E-state index is 5.64. The fourth-order valence-electron chi connectivity index (χ4n) is 1.45. The molecule has 0 saturated carbocycles. The Labute approximate surface area is 79.1 Å². The summed E-state index contributed by atoms with van der Waals surface area (Å²) in [7, 11) is 0. The smallest absolute Gasteiger partial charge is 0.150 e. The van der Waals surface area contributed by atoms with Gasteiger partial charge < -0.3 is 5.73 Å². The van der Waals surface area contributed by atoms with Gasteiger partial charge in [-0.25, -0.2) is 0 Å². The van der Waals surface area contributed by atoms with E-state index in [2.05, 4.69) is 22.0 Å². The van der Waals surface area contributed by atoms with Crippen molar-refractivity contribution < 1.29 is 0 Å². The average molecular weight is 182 g/mol. The van der Waals surface area contributed by atoms with Gasteiger partial charge >= 0.3 is 0 Å². The van der Waals surface area contributed by atoms with E-state index in [9.17, 15) is 0 Å². The molecule has 0 amide bonds. The van der Waals surface area contributed by atoms with Crippen LogP contribution in [0.1, 0.15) is 32.0 Å². The summed E-state index contributed by atoms with van der Waals surface area (Å²) in [5, 5.41) is 6.87. The van der Waals surface area contributed by atoms with E-state index in [-0.39, 0.29) is 0 Å². The predicted molar refractivity (Wildman–Crippen MR) is 54.1 cm³/mol. The van der Waals surface area contributed by atoms with Crippen molar-refractivity contribution in [3.8, 4) is 0 Å². The number of nitrogens with two attached hydrogens (primary N) is 1. The molecule has 0 saturated heterocycles. The van der Waals surface area contributed by atoms with Crippen LogP contribution in [0.5, 0.6) is 0 Å². The van der Waals surface area contributed by atoms with Crippen LogP contribution in [0.4, 0.5) is 5.82 Å². The molecule has 1 aliphatic rings. The molecule has 2 heterocycles. The maximum atomic E-state index is 5.64. The zero-order valence-corrected chi connectivity index (χ0v) is 8.59. The summed E-state index contributed by atoms with van der Waals surface area (Å²) in [6.45, 7) is 9.14. The largest absolute Gasteiger partial charge is 0.382 e. The standard InChI is InChI=1S/C7H12N4.C2H6/c1-2-11-3-5-6(4-11)9-10-7(5)8;1-2/h2-4H2,1H3,(H3,8,9,10);1-2H3. The van der Waals surface area contributed by atoms with E-state index in [0.717, 1.165) is 19.6 Å². The quantitative estimate of drug-likeness (QED) is 0.689. The van der Waals surface area contributed by atoms with E-state index >= 15 is 0 Å². The third-order valence-electron chi connectivity index (χ3n) is 2.20. The SMILES string of the molecule is CC.CCN1Cc2[nH]nc(N)c2C1. The molecule has 2 rings (SSSR count). The van der Waals surface area contributed by atoms with E-state index < -0.39 is 0 Å². The first-order valence-electron chi connectivity index (χ1n) is 4.85. The van der Waals surface area contributed by atoms with Crippen molar-refractivity contribution in [3.05, 3.63) is 11.3 Å². The van der Waals surface area contributed by atoms with E-state index in [0.29, 0.717) is 5.82 Å². The lowest BCUT2D eigenvalue weighted by molar-refractivity contribution is 0.297. The summed E-state index contributed by atoms with van der Waals surface area (Å²) in [5.41, 5.74) is 8.01. The Kier molecular flexibility index (Phi) is 3.31. The second kappa shape index (κ2) is 4.28. The first kappa shape index (κ1) is 10.1. The molecule has 0 unspecified atom stereocenters. The fourth-order valence-corrected chi connectivity index (χ4v) is 1.45. The number of fused-ring (bicyclic) bond motifs is 1. The molecule has 13 heavy (non-hydrogen) atoms. The lowest BCUT2D eigenvalue weighted by Crippen LogP contribution is -2.15. The van der Waals surface area contributed by atoms with Crippen molar-refractivity contribution in [1.82, 2.24) is 15.1 Å². The van der Waals surface area contributed by atoms with Gasteiger partial charge in [-0.1, -0.05) is 20.8 Å². The van der Waals surface area contributed by atoms with Gasteiger partial charge in [-0.3, -0.25) is 10.00 Å². The van der Waals surface area contributed by atoms with Crippen LogP contribution in [-0.4, -0.2) is 21.6 Å². The van der Waals surface area contributed by atoms with Crippen molar-refractivity contribution >= 4 is 5.82 Å². The van der Waals surface area contributed by atoms with Crippen LogP contribution < -0.4 is 5.73 Å². The van der Waals surface area contributed by atoms with Gasteiger partial charge in [0.1, 0.15) is 5.82 Å². The van der Waals surface area contributed by atoms with Gasteiger partial charge in [0, 0.05) is 18.7 Å². The molecular weight excluding hydrogens is 164 g/mol. The number of aromatic amines is 1. The fraction of sp³-hybridized carbons (Fsp3) is 0.667. The van der Waals surface area contributed by atoms with Crippen LogP contribution in [0.25, 0.3) is 0 Å². The summed E-state index contributed by atoms with van der Waals surface area (Å²) in [6.07, 6.45) is 0. The van der Waals surface area contributed by atoms with Crippen LogP contribution in [0.3, 0.4) is 0 Å². The summed E-state index contributed by atoms with van der Waals surface area (Å²) in [5.74, 6) is 0.663. The Balaban J connectivity index is 0.000000396. The third kappa shape index (κ3) is 1.83. The molecule has 1 aromatic heterocycles. The Morgan fingerprint density at radius 3 is 2.69 bits per heavy atom. The molecule has 4 nitrogen and oxygen atoms in total. The van der Waals surface area contributed by atoms with Crippen molar-refractivity contribution in [2.75, 3.05) is 12.3 Å². The molecule has 4 heteroatoms. The van der Waals surface area contributed by atoms with Gasteiger partial charge in [-0.05, 0) is 6.54 Å². The molecule has 74 valence electrons. The number of hydrogen-bond donors (Lipinski definition) is 2. The molecule has 0 aromatic carbocycles. The molecule has 3 N–H and O–H groups in total. The lowest BCUT2D eigenvalue weighted by atomic mass is 10.3. The van der Waals surface area contributed by atoms with Crippen molar-refractivity contribution in [2.45, 2.75) is 33.9 Å². The molecule has 0 bridgehead atoms. The summed E-state index contributed by atoms with van der Waals surface area (Å²) in [6, 6.07) is 0. The van der Waals surface area contributed by atoms with Crippen molar-refractivity contribution in [1.29, 1.82) is 0 Å². The highest BCUT2D eigenvalue weighted by molar-refractivity contribution is 5.43. The van der Waals surface area contributed by atoms with E-state index in [4.69, 9.17) is 5.73 Å². The van der Waals surface area contributed by atoms with Crippen molar-refractivity contribution in [3.63, 3.8) is 0 Å². The Morgan fingerprint density at radius 2 is 2.15 bits per heavy atom. The molecule has 1 aromatic rings. The molecule has 0 spiro atoms. The van der Waals surface area contributed by atoms with Gasteiger partial charge in [0.2, 0.25) is 0 Å². The Bertz CT molecular complexity index is 267. The van der Waals surface area contributed by atoms with Crippen LogP contribution >= 0.6 is 0 Å². The number of nitrogens with zero attached hydrogens (tertiary/aromatic N) is 2. The minimum atomic E-state index is 0.663. The van der Waals surface area contributed by atoms with E-state index in [1.165, 1.54) is 11.3 Å². The van der Waals surface area contributed by atoms with Gasteiger partial charge in [0.05, 0.1) is 5.69 Å². The predicted octanol–water partition coefficient (Wildman–Crippen LogP) is 1.35. The minimum Gasteiger partial charge on any atom is -0.382 e. The maximum Gasteiger partial charge on any atom is 0.150 e. The van der Waals surface area contributed by atoms with Gasteiger partial charge in [0.25, 0.3) is 0 Å². The minimum absolute atomic E-state index is 0.663. The summed E-state index contributed by atoms with van der Waals surface area (Å²) < 4.78 is 0. The molecule has 0 fully saturated rings. The number of aromatic nitrogens is 2. The van der Waals surface area contributed by atoms with Crippen LogP contribution in [0.15, 0.2) is 0 Å².